The first kappa shape index (κ1) is 23.7. The zero-order chi connectivity index (χ0) is 24.1. The number of carbonyl (C=O) groups excluding carboxylic acids is 2. The number of ether oxygens (including phenoxy) is 1. The Hall–Kier alpha value is -3.43. The number of nitrogens with zero attached hydrogens (tertiary/aromatic N) is 3. The van der Waals surface area contributed by atoms with E-state index in [9.17, 15) is 18.4 Å². The molecule has 0 bridgehead atoms. The molecule has 1 unspecified atom stereocenters. The van der Waals surface area contributed by atoms with Crippen LogP contribution >= 0.6 is 11.3 Å². The van der Waals surface area contributed by atoms with Crippen LogP contribution in [0.3, 0.4) is 0 Å². The molecule has 1 aromatic heterocycles. The number of hydrazone groups is 1. The average molecular weight is 484 g/mol. The predicted molar refractivity (Wildman–Crippen MR) is 126 cm³/mol. The van der Waals surface area contributed by atoms with Crippen LogP contribution in [-0.4, -0.2) is 54.2 Å². The van der Waals surface area contributed by atoms with Gasteiger partial charge in [-0.15, -0.1) is 11.3 Å². The van der Waals surface area contributed by atoms with E-state index in [4.69, 9.17) is 4.74 Å². The highest BCUT2D eigenvalue weighted by atomic mass is 32.1. The summed E-state index contributed by atoms with van der Waals surface area (Å²) in [6, 6.07) is 14.7. The minimum absolute atomic E-state index is 0.122. The van der Waals surface area contributed by atoms with Gasteiger partial charge in [0, 0.05) is 31.2 Å². The van der Waals surface area contributed by atoms with Crippen molar-refractivity contribution >= 4 is 28.9 Å². The van der Waals surface area contributed by atoms with Crippen LogP contribution in [0.2, 0.25) is 0 Å². The Labute approximate surface area is 200 Å². The average Bonchev–Trinajstić information content (AvgIpc) is 3.52. The first-order valence-electron chi connectivity index (χ1n) is 10.7. The molecule has 0 spiro atoms. The molecular formula is C25H23F2N3O3S. The normalized spacial score (nSPS) is 15.3. The van der Waals surface area contributed by atoms with E-state index in [0.717, 1.165) is 10.9 Å². The number of amides is 2. The molecule has 0 radical (unpaired) electrons. The van der Waals surface area contributed by atoms with E-state index in [2.05, 4.69) is 5.10 Å². The summed E-state index contributed by atoms with van der Waals surface area (Å²) in [5.41, 5.74) is 1.15. The van der Waals surface area contributed by atoms with Crippen molar-refractivity contribution in [1.82, 2.24) is 9.91 Å². The van der Waals surface area contributed by atoms with E-state index in [1.807, 2.05) is 17.5 Å². The summed E-state index contributed by atoms with van der Waals surface area (Å²) in [4.78, 5) is 28.7. The number of rotatable bonds is 8. The van der Waals surface area contributed by atoms with Crippen molar-refractivity contribution in [3.05, 3.63) is 93.7 Å². The molecular weight excluding hydrogens is 460 g/mol. The molecule has 34 heavy (non-hydrogen) atoms. The van der Waals surface area contributed by atoms with Gasteiger partial charge in [-0.3, -0.25) is 9.59 Å². The summed E-state index contributed by atoms with van der Waals surface area (Å²) in [6.45, 7) is -0.00302. The monoisotopic (exact) mass is 483 g/mol. The third-order valence-electron chi connectivity index (χ3n) is 5.49. The Balaban J connectivity index is 1.62. The van der Waals surface area contributed by atoms with Gasteiger partial charge in [0.1, 0.15) is 18.2 Å². The lowest BCUT2D eigenvalue weighted by Gasteiger charge is -2.27. The van der Waals surface area contributed by atoms with Crippen molar-refractivity contribution < 1.29 is 23.1 Å². The van der Waals surface area contributed by atoms with Gasteiger partial charge in [-0.1, -0.05) is 30.3 Å². The summed E-state index contributed by atoms with van der Waals surface area (Å²) in [7, 11) is 1.49. The van der Waals surface area contributed by atoms with E-state index in [0.29, 0.717) is 17.7 Å². The quantitative estimate of drug-likeness (QED) is 0.474. The van der Waals surface area contributed by atoms with Gasteiger partial charge >= 0.3 is 0 Å². The summed E-state index contributed by atoms with van der Waals surface area (Å²) >= 11 is 1.48. The number of methoxy groups -OCH3 is 1. The van der Waals surface area contributed by atoms with Crippen LogP contribution in [0.1, 0.15) is 33.3 Å². The van der Waals surface area contributed by atoms with Gasteiger partial charge in [-0.2, -0.15) is 5.10 Å². The SMILES string of the molecule is COCCN(CC(=O)N1N=C(c2cccs2)CC1c1ccccc1F)C(=O)c1cccc(F)c1. The molecule has 0 aliphatic carbocycles. The first-order chi connectivity index (χ1) is 16.5. The van der Waals surface area contributed by atoms with Crippen LogP contribution in [0.25, 0.3) is 0 Å². The lowest BCUT2D eigenvalue weighted by molar-refractivity contribution is -0.133. The Morgan fingerprint density at radius 2 is 1.97 bits per heavy atom. The van der Waals surface area contributed by atoms with Gasteiger partial charge in [-0.05, 0) is 35.7 Å². The van der Waals surface area contributed by atoms with Crippen molar-refractivity contribution in [3.8, 4) is 0 Å². The number of hydrogen-bond acceptors (Lipinski definition) is 5. The molecule has 176 valence electrons. The van der Waals surface area contributed by atoms with E-state index in [1.54, 1.807) is 18.2 Å². The zero-order valence-electron chi connectivity index (χ0n) is 18.5. The Morgan fingerprint density at radius 1 is 1.15 bits per heavy atom. The smallest absolute Gasteiger partial charge is 0.262 e. The standard InChI is InChI=1S/C25H23F2N3O3S/c1-33-12-11-29(25(32)17-6-4-7-18(26)14-17)16-24(31)30-22(19-8-2-3-9-20(19)27)15-21(28-30)23-10-5-13-34-23/h2-10,13-14,22H,11-12,15-16H2,1H3. The topological polar surface area (TPSA) is 62.2 Å². The van der Waals surface area contributed by atoms with Crippen LogP contribution in [0.4, 0.5) is 8.78 Å². The highest BCUT2D eigenvalue weighted by Gasteiger charge is 2.36. The third kappa shape index (κ3) is 5.21. The lowest BCUT2D eigenvalue weighted by atomic mass is 10.0. The number of halogens is 2. The van der Waals surface area contributed by atoms with Gasteiger partial charge in [0.15, 0.2) is 0 Å². The first-order valence-corrected chi connectivity index (χ1v) is 11.6. The Bertz CT molecular complexity index is 1200. The van der Waals surface area contributed by atoms with Gasteiger partial charge in [0.25, 0.3) is 11.8 Å². The van der Waals surface area contributed by atoms with Crippen molar-refractivity contribution in [2.45, 2.75) is 12.5 Å². The molecule has 2 heterocycles. The van der Waals surface area contributed by atoms with Gasteiger partial charge in [0.2, 0.25) is 0 Å². The van der Waals surface area contributed by atoms with E-state index < -0.39 is 29.5 Å². The van der Waals surface area contributed by atoms with Crippen molar-refractivity contribution in [2.75, 3.05) is 26.8 Å². The van der Waals surface area contributed by atoms with Gasteiger partial charge in [-0.25, -0.2) is 13.8 Å². The van der Waals surface area contributed by atoms with Crippen molar-refractivity contribution in [1.29, 1.82) is 0 Å². The minimum atomic E-state index is -0.639. The molecule has 1 aliphatic heterocycles. The molecule has 0 fully saturated rings. The largest absolute Gasteiger partial charge is 0.383 e. The van der Waals surface area contributed by atoms with Crippen LogP contribution in [-0.2, 0) is 9.53 Å². The number of carbonyl (C=O) groups is 2. The molecule has 0 N–H and O–H groups in total. The lowest BCUT2D eigenvalue weighted by Crippen LogP contribution is -2.42. The highest BCUT2D eigenvalue weighted by Crippen LogP contribution is 2.35. The second-order valence-electron chi connectivity index (χ2n) is 7.73. The van der Waals surface area contributed by atoms with E-state index >= 15 is 0 Å². The third-order valence-corrected chi connectivity index (χ3v) is 6.40. The second-order valence-corrected chi connectivity index (χ2v) is 8.68. The summed E-state index contributed by atoms with van der Waals surface area (Å²) in [5, 5.41) is 7.69. The molecule has 3 aromatic rings. The maximum atomic E-state index is 14.7. The molecule has 0 saturated heterocycles. The maximum absolute atomic E-state index is 14.7. The number of benzene rings is 2. The van der Waals surface area contributed by atoms with E-state index in [1.165, 1.54) is 52.6 Å². The fraction of sp³-hybridized carbons (Fsp3) is 0.240. The predicted octanol–water partition coefficient (Wildman–Crippen LogP) is 4.49. The molecule has 9 heteroatoms. The van der Waals surface area contributed by atoms with E-state index in [-0.39, 0.29) is 25.3 Å². The molecule has 2 amide bonds. The summed E-state index contributed by atoms with van der Waals surface area (Å²) in [6.07, 6.45) is 0.350. The van der Waals surface area contributed by atoms with Crippen LogP contribution in [0.5, 0.6) is 0 Å². The molecule has 0 saturated carbocycles. The summed E-state index contributed by atoms with van der Waals surface area (Å²) < 4.78 is 33.4. The fourth-order valence-corrected chi connectivity index (χ4v) is 4.53. The highest BCUT2D eigenvalue weighted by molar-refractivity contribution is 7.12. The zero-order valence-corrected chi connectivity index (χ0v) is 19.3. The maximum Gasteiger partial charge on any atom is 0.262 e. The molecule has 2 aromatic carbocycles. The second kappa shape index (κ2) is 10.7. The minimum Gasteiger partial charge on any atom is -0.383 e. The Morgan fingerprint density at radius 3 is 2.68 bits per heavy atom. The Kier molecular flexibility index (Phi) is 7.44. The molecule has 1 atom stereocenters. The van der Waals surface area contributed by atoms with Gasteiger partial charge in [0.05, 0.1) is 23.2 Å². The van der Waals surface area contributed by atoms with Gasteiger partial charge < -0.3 is 9.64 Å². The van der Waals surface area contributed by atoms with Crippen molar-refractivity contribution in [3.63, 3.8) is 0 Å². The summed E-state index contributed by atoms with van der Waals surface area (Å²) in [5.74, 6) is -1.96. The molecule has 1 aliphatic rings. The van der Waals surface area contributed by atoms with Crippen LogP contribution < -0.4 is 0 Å². The van der Waals surface area contributed by atoms with Crippen LogP contribution in [0, 0.1) is 11.6 Å². The van der Waals surface area contributed by atoms with Crippen molar-refractivity contribution in [2.24, 2.45) is 5.10 Å². The van der Waals surface area contributed by atoms with Crippen LogP contribution in [0.15, 0.2) is 71.1 Å². The number of hydrogen-bond donors (Lipinski definition) is 0. The fourth-order valence-electron chi connectivity index (χ4n) is 3.81. The molecule has 4 rings (SSSR count). The molecule has 6 nitrogen and oxygen atoms in total. The number of thiophene rings is 1.